The fourth-order valence-corrected chi connectivity index (χ4v) is 6.69. The zero-order chi connectivity index (χ0) is 10.8. The van der Waals surface area contributed by atoms with Crippen LogP contribution < -0.4 is 0 Å². The molecule has 0 aromatic rings. The molecular formula is C9H21O3PSi. The maximum absolute atomic E-state index is 12.0. The summed E-state index contributed by atoms with van der Waals surface area (Å²) in [5.74, 6) is 0. The van der Waals surface area contributed by atoms with Crippen molar-refractivity contribution in [2.45, 2.75) is 51.4 Å². The van der Waals surface area contributed by atoms with Crippen molar-refractivity contribution in [3.05, 3.63) is 0 Å². The van der Waals surface area contributed by atoms with Crippen molar-refractivity contribution in [2.75, 3.05) is 6.66 Å². The second-order valence-electron chi connectivity index (χ2n) is 4.99. The quantitative estimate of drug-likeness (QED) is 0.552. The van der Waals surface area contributed by atoms with Gasteiger partial charge in [-0.2, -0.15) is 0 Å². The van der Waals surface area contributed by atoms with Crippen molar-refractivity contribution in [1.29, 1.82) is 0 Å². The summed E-state index contributed by atoms with van der Waals surface area (Å²) in [5.41, 5.74) is 0. The Balaban J connectivity index is 2.44. The Bertz CT molecular complexity index is 231. The van der Waals surface area contributed by atoms with Crippen molar-refractivity contribution >= 4 is 15.9 Å². The van der Waals surface area contributed by atoms with Crippen LogP contribution in [-0.4, -0.2) is 21.1 Å². The molecule has 1 aliphatic carbocycles. The Hall–Kier alpha value is 0.367. The van der Waals surface area contributed by atoms with E-state index in [1.165, 1.54) is 12.8 Å². The predicted octanol–water partition coefficient (Wildman–Crippen LogP) is 3.62. The fraction of sp³-hybridized carbons (Fsp3) is 1.00. The summed E-state index contributed by atoms with van der Waals surface area (Å²) in [5, 5.41) is 0. The molecule has 1 saturated carbocycles. The molecule has 3 nitrogen and oxygen atoms in total. The standard InChI is InChI=1S/C9H21O3PSi/c1-13(10,12-14(2,3)4)11-9-7-5-6-8-9/h9H,5-8H2,1-4H3. The van der Waals surface area contributed by atoms with Crippen LogP contribution in [0.1, 0.15) is 25.7 Å². The summed E-state index contributed by atoms with van der Waals surface area (Å²) in [7, 11) is -4.55. The average Bonchev–Trinajstić information content (AvgIpc) is 2.31. The topological polar surface area (TPSA) is 35.5 Å². The van der Waals surface area contributed by atoms with Crippen LogP contribution in [-0.2, 0) is 13.3 Å². The van der Waals surface area contributed by atoms with Gasteiger partial charge in [0, 0.05) is 6.66 Å². The van der Waals surface area contributed by atoms with Crippen LogP contribution in [0.2, 0.25) is 19.6 Å². The van der Waals surface area contributed by atoms with Gasteiger partial charge in [-0.25, -0.2) is 0 Å². The molecule has 0 aromatic carbocycles. The Morgan fingerprint density at radius 1 is 1.21 bits per heavy atom. The molecule has 0 bridgehead atoms. The molecule has 84 valence electrons. The van der Waals surface area contributed by atoms with E-state index in [0.717, 1.165) is 12.8 Å². The lowest BCUT2D eigenvalue weighted by Gasteiger charge is -2.25. The third-order valence-corrected chi connectivity index (χ3v) is 6.28. The molecule has 0 heterocycles. The van der Waals surface area contributed by atoms with Crippen molar-refractivity contribution < 1.29 is 13.3 Å². The average molecular weight is 236 g/mol. The van der Waals surface area contributed by atoms with Crippen molar-refractivity contribution in [2.24, 2.45) is 0 Å². The smallest absolute Gasteiger partial charge is 0.318 e. The van der Waals surface area contributed by atoms with Crippen LogP contribution in [0.15, 0.2) is 0 Å². The van der Waals surface area contributed by atoms with E-state index in [1.54, 1.807) is 6.66 Å². The van der Waals surface area contributed by atoms with Crippen LogP contribution in [0.5, 0.6) is 0 Å². The highest BCUT2D eigenvalue weighted by Gasteiger charge is 2.30. The van der Waals surface area contributed by atoms with Gasteiger partial charge in [-0.3, -0.25) is 4.57 Å². The lowest BCUT2D eigenvalue weighted by molar-refractivity contribution is 0.185. The maximum Gasteiger partial charge on any atom is 0.318 e. The van der Waals surface area contributed by atoms with Crippen LogP contribution in [0.25, 0.3) is 0 Å². The minimum Gasteiger partial charge on any atom is -0.351 e. The van der Waals surface area contributed by atoms with E-state index in [9.17, 15) is 4.57 Å². The van der Waals surface area contributed by atoms with Gasteiger partial charge in [-0.15, -0.1) is 0 Å². The number of hydrogen-bond acceptors (Lipinski definition) is 3. The summed E-state index contributed by atoms with van der Waals surface area (Å²) in [6.45, 7) is 7.69. The first kappa shape index (κ1) is 12.4. The van der Waals surface area contributed by atoms with Crippen LogP contribution in [0.4, 0.5) is 0 Å². The lowest BCUT2D eigenvalue weighted by atomic mass is 10.3. The van der Waals surface area contributed by atoms with Gasteiger partial charge in [0.15, 0.2) is 8.32 Å². The van der Waals surface area contributed by atoms with Crippen LogP contribution in [0.3, 0.4) is 0 Å². The van der Waals surface area contributed by atoms with E-state index in [4.69, 9.17) is 8.74 Å². The number of rotatable bonds is 4. The molecular weight excluding hydrogens is 215 g/mol. The summed E-state index contributed by atoms with van der Waals surface area (Å²) in [6.07, 6.45) is 4.62. The molecule has 0 aromatic heterocycles. The van der Waals surface area contributed by atoms with E-state index in [0.29, 0.717) is 0 Å². The normalized spacial score (nSPS) is 23.7. The van der Waals surface area contributed by atoms with E-state index < -0.39 is 15.9 Å². The van der Waals surface area contributed by atoms with Crippen LogP contribution >= 0.6 is 7.60 Å². The zero-order valence-corrected chi connectivity index (χ0v) is 11.5. The Labute approximate surface area is 87.8 Å². The van der Waals surface area contributed by atoms with Gasteiger partial charge < -0.3 is 8.74 Å². The van der Waals surface area contributed by atoms with E-state index in [2.05, 4.69) is 0 Å². The summed E-state index contributed by atoms with van der Waals surface area (Å²) in [6, 6.07) is 0. The highest BCUT2D eigenvalue weighted by molar-refractivity contribution is 7.54. The summed E-state index contributed by atoms with van der Waals surface area (Å²) in [4.78, 5) is 0. The summed E-state index contributed by atoms with van der Waals surface area (Å²) >= 11 is 0. The van der Waals surface area contributed by atoms with E-state index >= 15 is 0 Å². The highest BCUT2D eigenvalue weighted by atomic mass is 31.2. The molecule has 0 aliphatic heterocycles. The first-order valence-corrected chi connectivity index (χ1v) is 10.6. The first-order chi connectivity index (χ1) is 6.29. The minimum atomic E-state index is -2.80. The Morgan fingerprint density at radius 2 is 1.71 bits per heavy atom. The van der Waals surface area contributed by atoms with Crippen LogP contribution in [0, 0.1) is 0 Å². The molecule has 5 heteroatoms. The predicted molar refractivity (Wildman–Crippen MR) is 61.3 cm³/mol. The van der Waals surface area contributed by atoms with Gasteiger partial charge in [-0.05, 0) is 32.5 Å². The van der Waals surface area contributed by atoms with Gasteiger partial charge in [0.2, 0.25) is 0 Å². The third-order valence-electron chi connectivity index (χ3n) is 2.08. The molecule has 1 atom stereocenters. The first-order valence-electron chi connectivity index (χ1n) is 5.25. The van der Waals surface area contributed by atoms with Gasteiger partial charge >= 0.3 is 7.60 Å². The molecule has 1 aliphatic rings. The molecule has 1 rings (SSSR count). The zero-order valence-electron chi connectivity index (χ0n) is 9.58. The molecule has 0 spiro atoms. The number of hydrogen-bond donors (Lipinski definition) is 0. The van der Waals surface area contributed by atoms with E-state index in [-0.39, 0.29) is 6.10 Å². The molecule has 0 radical (unpaired) electrons. The molecule has 1 unspecified atom stereocenters. The third kappa shape index (κ3) is 4.74. The molecule has 0 saturated heterocycles. The van der Waals surface area contributed by atoms with Crippen molar-refractivity contribution in [3.8, 4) is 0 Å². The molecule has 1 fully saturated rings. The van der Waals surface area contributed by atoms with Gasteiger partial charge in [0.1, 0.15) is 0 Å². The minimum absolute atomic E-state index is 0.169. The fourth-order valence-electron chi connectivity index (χ4n) is 1.78. The maximum atomic E-state index is 12.0. The molecule has 0 amide bonds. The molecule has 14 heavy (non-hydrogen) atoms. The van der Waals surface area contributed by atoms with Crippen molar-refractivity contribution in [3.63, 3.8) is 0 Å². The van der Waals surface area contributed by atoms with Crippen molar-refractivity contribution in [1.82, 2.24) is 0 Å². The Morgan fingerprint density at radius 3 is 2.14 bits per heavy atom. The Kier molecular flexibility index (Phi) is 3.98. The van der Waals surface area contributed by atoms with Gasteiger partial charge in [-0.1, -0.05) is 12.8 Å². The second kappa shape index (κ2) is 4.48. The van der Waals surface area contributed by atoms with Gasteiger partial charge in [0.05, 0.1) is 6.10 Å². The second-order valence-corrected chi connectivity index (χ2v) is 11.7. The monoisotopic (exact) mass is 236 g/mol. The van der Waals surface area contributed by atoms with E-state index in [1.807, 2.05) is 19.6 Å². The van der Waals surface area contributed by atoms with Gasteiger partial charge in [0.25, 0.3) is 0 Å². The summed E-state index contributed by atoms with van der Waals surface area (Å²) < 4.78 is 23.1. The largest absolute Gasteiger partial charge is 0.351 e. The SMILES string of the molecule is C[Si](C)(C)OP(C)(=O)OC1CCCC1. The lowest BCUT2D eigenvalue weighted by Crippen LogP contribution is -2.24. The molecule has 0 N–H and O–H groups in total. The highest BCUT2D eigenvalue weighted by Crippen LogP contribution is 2.49.